The average molecular weight is 381 g/mol. The highest BCUT2D eigenvalue weighted by atomic mass is 16.2. The van der Waals surface area contributed by atoms with Gasteiger partial charge in [0.05, 0.1) is 6.54 Å². The van der Waals surface area contributed by atoms with Crippen molar-refractivity contribution < 1.29 is 4.79 Å². The molecule has 0 N–H and O–H groups in total. The Morgan fingerprint density at radius 3 is 2.25 bits per heavy atom. The van der Waals surface area contributed by atoms with Crippen molar-refractivity contribution in [3.05, 3.63) is 65.4 Å². The molecule has 0 saturated heterocycles. The van der Waals surface area contributed by atoms with Gasteiger partial charge in [0.1, 0.15) is 0 Å². The van der Waals surface area contributed by atoms with E-state index < -0.39 is 0 Å². The molecule has 0 aliphatic carbocycles. The fourth-order valence-corrected chi connectivity index (χ4v) is 3.39. The summed E-state index contributed by atoms with van der Waals surface area (Å²) in [4.78, 5) is 14.6. The van der Waals surface area contributed by atoms with Crippen LogP contribution in [0.3, 0.4) is 0 Å². The maximum absolute atomic E-state index is 12.7. The molecule has 0 atom stereocenters. The quantitative estimate of drug-likeness (QED) is 0.455. The summed E-state index contributed by atoms with van der Waals surface area (Å²) in [5, 5.41) is 1.18. The van der Waals surface area contributed by atoms with Gasteiger partial charge in [0.15, 0.2) is 0 Å². The third-order valence-electron chi connectivity index (χ3n) is 4.64. The van der Waals surface area contributed by atoms with E-state index >= 15 is 0 Å². The first-order valence-corrected chi connectivity index (χ1v) is 10.1. The molecule has 1 amide bonds. The predicted octanol–water partition coefficient (Wildman–Crippen LogP) is 7.38. The lowest BCUT2D eigenvalue weighted by molar-refractivity contribution is 0.0996. The fourth-order valence-electron chi connectivity index (χ4n) is 3.39. The first-order valence-electron chi connectivity index (χ1n) is 10.1. The Hall–Kier alpha value is -2.55. The molecule has 0 unspecified atom stereocenters. The summed E-state index contributed by atoms with van der Waals surface area (Å²) < 4.78 is 2.25. The summed E-state index contributed by atoms with van der Waals surface area (Å²) in [7, 11) is 0. The minimum Gasteiger partial charge on any atom is -0.345 e. The van der Waals surface area contributed by atoms with Gasteiger partial charge in [-0.15, -0.1) is 0 Å². The minimum atomic E-state index is 0. The minimum absolute atomic E-state index is 0. The first kappa shape index (κ1) is 23.5. The lowest BCUT2D eigenvalue weighted by atomic mass is 10.1. The number of carbonyl (C=O) groups is 1. The number of benzene rings is 2. The molecular formula is C25H36N2O. The zero-order valence-electron chi connectivity index (χ0n) is 17.7. The second-order valence-corrected chi connectivity index (χ2v) is 6.61. The standard InChI is InChI=1S/C20H20N2O.2C2H6.CH4/c1-13(2)21-9-8-15-11-17(6-7-19(15)21)22-12-16-5-4-14(3)10-18(16)20(22)23;2*1-2;/h4-11,13H,12H2,1-3H3;2*1-2H3;1H4. The number of nitrogens with zero attached hydrogens (tertiary/aromatic N) is 2. The zero-order valence-corrected chi connectivity index (χ0v) is 17.7. The molecule has 4 rings (SSSR count). The molecule has 3 heteroatoms. The van der Waals surface area contributed by atoms with E-state index in [2.05, 4.69) is 61.0 Å². The van der Waals surface area contributed by atoms with Gasteiger partial charge in [-0.05, 0) is 56.7 Å². The van der Waals surface area contributed by atoms with E-state index in [9.17, 15) is 4.79 Å². The van der Waals surface area contributed by atoms with Crippen LogP contribution in [-0.4, -0.2) is 10.5 Å². The zero-order chi connectivity index (χ0) is 20.1. The van der Waals surface area contributed by atoms with Gasteiger partial charge in [0, 0.05) is 34.4 Å². The van der Waals surface area contributed by atoms with Crippen LogP contribution in [0, 0.1) is 6.92 Å². The molecule has 2 aromatic carbocycles. The molecule has 3 nitrogen and oxygen atoms in total. The highest BCUT2D eigenvalue weighted by Gasteiger charge is 2.28. The molecule has 0 bridgehead atoms. The molecule has 1 aromatic heterocycles. The van der Waals surface area contributed by atoms with Crippen molar-refractivity contribution in [2.45, 2.75) is 68.5 Å². The lowest BCUT2D eigenvalue weighted by Gasteiger charge is -2.16. The number of amides is 1. The second kappa shape index (κ2) is 10.1. The molecular weight excluding hydrogens is 344 g/mol. The number of anilines is 1. The van der Waals surface area contributed by atoms with Gasteiger partial charge in [-0.1, -0.05) is 52.8 Å². The summed E-state index contributed by atoms with van der Waals surface area (Å²) in [5.41, 5.74) is 5.26. The van der Waals surface area contributed by atoms with Crippen LogP contribution < -0.4 is 4.90 Å². The largest absolute Gasteiger partial charge is 0.345 e. The number of fused-ring (bicyclic) bond motifs is 2. The number of aryl methyl sites for hydroxylation is 1. The number of hydrogen-bond acceptors (Lipinski definition) is 1. The lowest BCUT2D eigenvalue weighted by Crippen LogP contribution is -2.22. The number of aromatic nitrogens is 1. The molecule has 28 heavy (non-hydrogen) atoms. The van der Waals surface area contributed by atoms with E-state index in [-0.39, 0.29) is 13.3 Å². The van der Waals surface area contributed by atoms with E-state index in [1.807, 2.05) is 45.6 Å². The Balaban J connectivity index is 0.000000739. The maximum atomic E-state index is 12.7. The molecule has 1 aliphatic heterocycles. The van der Waals surface area contributed by atoms with E-state index in [1.165, 1.54) is 10.9 Å². The van der Waals surface area contributed by atoms with Gasteiger partial charge in [0.25, 0.3) is 5.91 Å². The van der Waals surface area contributed by atoms with Crippen molar-refractivity contribution in [1.82, 2.24) is 4.57 Å². The van der Waals surface area contributed by atoms with Crippen molar-refractivity contribution in [1.29, 1.82) is 0 Å². The molecule has 0 spiro atoms. The third-order valence-corrected chi connectivity index (χ3v) is 4.64. The molecule has 152 valence electrons. The summed E-state index contributed by atoms with van der Waals surface area (Å²) >= 11 is 0. The molecule has 1 aliphatic rings. The van der Waals surface area contributed by atoms with Crippen LogP contribution in [0.5, 0.6) is 0 Å². The Bertz CT molecular complexity index is 921. The van der Waals surface area contributed by atoms with Crippen LogP contribution in [-0.2, 0) is 6.54 Å². The Morgan fingerprint density at radius 1 is 0.929 bits per heavy atom. The van der Waals surface area contributed by atoms with Crippen LogP contribution in [0.15, 0.2) is 48.7 Å². The van der Waals surface area contributed by atoms with Crippen LogP contribution >= 0.6 is 0 Å². The van der Waals surface area contributed by atoms with E-state index in [4.69, 9.17) is 0 Å². The maximum Gasteiger partial charge on any atom is 0.258 e. The Morgan fingerprint density at radius 2 is 1.61 bits per heavy atom. The second-order valence-electron chi connectivity index (χ2n) is 6.61. The first-order chi connectivity index (χ1) is 13.0. The SMILES string of the molecule is C.CC.CC.Cc1ccc2c(c1)C(=O)N(c1ccc3c(ccn3C(C)C)c1)C2. The van der Waals surface area contributed by atoms with E-state index in [0.29, 0.717) is 12.6 Å². The highest BCUT2D eigenvalue weighted by Crippen LogP contribution is 2.31. The van der Waals surface area contributed by atoms with Crippen LogP contribution in [0.4, 0.5) is 5.69 Å². The highest BCUT2D eigenvalue weighted by molar-refractivity contribution is 6.10. The third kappa shape index (κ3) is 4.30. The fraction of sp³-hybridized carbons (Fsp3) is 0.400. The van der Waals surface area contributed by atoms with Crippen molar-refractivity contribution in [3.8, 4) is 0 Å². The Labute approximate surface area is 171 Å². The normalized spacial score (nSPS) is 12.0. The van der Waals surface area contributed by atoms with Crippen molar-refractivity contribution in [2.24, 2.45) is 0 Å². The molecule has 0 radical (unpaired) electrons. The average Bonchev–Trinajstić information content (AvgIpc) is 3.26. The van der Waals surface area contributed by atoms with Crippen molar-refractivity contribution >= 4 is 22.5 Å². The van der Waals surface area contributed by atoms with Gasteiger partial charge >= 0.3 is 0 Å². The van der Waals surface area contributed by atoms with E-state index in [1.54, 1.807) is 0 Å². The van der Waals surface area contributed by atoms with Crippen LogP contribution in [0.2, 0.25) is 0 Å². The van der Waals surface area contributed by atoms with Gasteiger partial charge in [-0.25, -0.2) is 0 Å². The number of rotatable bonds is 2. The summed E-state index contributed by atoms with van der Waals surface area (Å²) in [5.74, 6) is 0.103. The Kier molecular flexibility index (Phi) is 8.49. The van der Waals surface area contributed by atoms with Gasteiger partial charge < -0.3 is 9.47 Å². The summed E-state index contributed by atoms with van der Waals surface area (Å²) in [6, 6.07) is 15.0. The van der Waals surface area contributed by atoms with Crippen molar-refractivity contribution in [2.75, 3.05) is 4.90 Å². The van der Waals surface area contributed by atoms with E-state index in [0.717, 1.165) is 22.4 Å². The number of hydrogen-bond donors (Lipinski definition) is 0. The van der Waals surface area contributed by atoms with Gasteiger partial charge in [0.2, 0.25) is 0 Å². The smallest absolute Gasteiger partial charge is 0.258 e. The summed E-state index contributed by atoms with van der Waals surface area (Å²) in [6.07, 6.45) is 2.11. The van der Waals surface area contributed by atoms with Gasteiger partial charge in [-0.3, -0.25) is 4.79 Å². The molecule has 0 fully saturated rings. The monoisotopic (exact) mass is 380 g/mol. The molecule has 2 heterocycles. The van der Waals surface area contributed by atoms with Crippen molar-refractivity contribution in [3.63, 3.8) is 0 Å². The topological polar surface area (TPSA) is 25.2 Å². The molecule has 3 aromatic rings. The number of carbonyl (C=O) groups excluding carboxylic acids is 1. The summed E-state index contributed by atoms with van der Waals surface area (Å²) in [6.45, 7) is 15.0. The van der Waals surface area contributed by atoms with Crippen LogP contribution in [0.1, 0.15) is 76.5 Å². The van der Waals surface area contributed by atoms with Gasteiger partial charge in [-0.2, -0.15) is 0 Å². The van der Waals surface area contributed by atoms with Crippen LogP contribution in [0.25, 0.3) is 10.9 Å². The predicted molar refractivity (Wildman–Crippen MR) is 123 cm³/mol. The molecule has 0 saturated carbocycles.